The Morgan fingerprint density at radius 2 is 1.78 bits per heavy atom. The van der Waals surface area contributed by atoms with Crippen molar-refractivity contribution in [1.82, 2.24) is 5.32 Å². The number of amides is 1. The molecule has 0 bridgehead atoms. The highest BCUT2D eigenvalue weighted by atomic mass is 19.4. The second-order valence-electron chi connectivity index (χ2n) is 4.39. The molecule has 1 fully saturated rings. The fraction of sp³-hybridized carbons (Fsp3) is 0.417. The van der Waals surface area contributed by atoms with E-state index in [-0.39, 0.29) is 0 Å². The molecule has 18 heavy (non-hydrogen) atoms. The highest BCUT2D eigenvalue weighted by Crippen LogP contribution is 2.48. The number of halogens is 4. The Morgan fingerprint density at radius 3 is 2.22 bits per heavy atom. The summed E-state index contributed by atoms with van der Waals surface area (Å²) in [6, 6.07) is 5.28. The van der Waals surface area contributed by atoms with Crippen LogP contribution in [0.3, 0.4) is 0 Å². The molecule has 0 aliphatic heterocycles. The van der Waals surface area contributed by atoms with Crippen molar-refractivity contribution >= 4 is 5.91 Å². The van der Waals surface area contributed by atoms with E-state index in [1.165, 1.54) is 24.3 Å². The maximum Gasteiger partial charge on any atom is 0.405 e. The van der Waals surface area contributed by atoms with Gasteiger partial charge in [0.15, 0.2) is 0 Å². The summed E-state index contributed by atoms with van der Waals surface area (Å²) in [5, 5.41) is 1.88. The highest BCUT2D eigenvalue weighted by molar-refractivity contribution is 5.91. The molecule has 0 radical (unpaired) electrons. The lowest BCUT2D eigenvalue weighted by molar-refractivity contribution is -0.139. The monoisotopic (exact) mass is 261 g/mol. The van der Waals surface area contributed by atoms with Crippen molar-refractivity contribution in [1.29, 1.82) is 0 Å². The van der Waals surface area contributed by atoms with E-state index in [0.717, 1.165) is 0 Å². The summed E-state index contributed by atoms with van der Waals surface area (Å²) in [6.07, 6.45) is -3.45. The molecule has 1 amide bonds. The number of carbonyl (C=O) groups is 1. The Labute approximate surface area is 101 Å². The summed E-state index contributed by atoms with van der Waals surface area (Å²) < 4.78 is 48.8. The first-order chi connectivity index (χ1) is 8.33. The number of rotatable bonds is 3. The number of hydrogen-bond acceptors (Lipinski definition) is 1. The third-order valence-electron chi connectivity index (χ3n) is 3.03. The Bertz CT molecular complexity index is 448. The molecule has 1 aromatic rings. The molecule has 0 saturated heterocycles. The van der Waals surface area contributed by atoms with E-state index in [2.05, 4.69) is 0 Å². The van der Waals surface area contributed by atoms with Gasteiger partial charge in [-0.05, 0) is 30.5 Å². The van der Waals surface area contributed by atoms with Crippen LogP contribution >= 0.6 is 0 Å². The first-order valence-electron chi connectivity index (χ1n) is 5.45. The standard InChI is InChI=1S/C12H11F4NO/c13-9-3-1-8(2-4-9)11(5-6-11)10(18)17-7-12(14,15)16/h1-4H,5-7H2,(H,17,18). The van der Waals surface area contributed by atoms with Crippen molar-refractivity contribution in [3.63, 3.8) is 0 Å². The van der Waals surface area contributed by atoms with Crippen LogP contribution in [0.4, 0.5) is 17.6 Å². The van der Waals surface area contributed by atoms with Gasteiger partial charge in [-0.15, -0.1) is 0 Å². The van der Waals surface area contributed by atoms with Crippen molar-refractivity contribution in [2.24, 2.45) is 0 Å². The van der Waals surface area contributed by atoms with Gasteiger partial charge in [-0.2, -0.15) is 13.2 Å². The minimum absolute atomic E-state index is 0.440. The maximum absolute atomic E-state index is 12.8. The SMILES string of the molecule is O=C(NCC(F)(F)F)C1(c2ccc(F)cc2)CC1. The number of carbonyl (C=O) groups excluding carboxylic acids is 1. The molecule has 0 aromatic heterocycles. The van der Waals surface area contributed by atoms with E-state index in [1.807, 2.05) is 5.32 Å². The van der Waals surface area contributed by atoms with Gasteiger partial charge in [0.1, 0.15) is 12.4 Å². The highest BCUT2D eigenvalue weighted by Gasteiger charge is 2.51. The largest absolute Gasteiger partial charge is 0.405 e. The van der Waals surface area contributed by atoms with Crippen LogP contribution in [-0.4, -0.2) is 18.6 Å². The molecule has 0 unspecified atom stereocenters. The molecular weight excluding hydrogens is 250 g/mol. The molecule has 1 aromatic carbocycles. The van der Waals surface area contributed by atoms with Gasteiger partial charge in [-0.3, -0.25) is 4.79 Å². The summed E-state index contributed by atoms with van der Waals surface area (Å²) in [4.78, 5) is 11.8. The Kier molecular flexibility index (Phi) is 3.04. The number of nitrogens with one attached hydrogen (secondary N) is 1. The van der Waals surface area contributed by atoms with Gasteiger partial charge in [-0.25, -0.2) is 4.39 Å². The quantitative estimate of drug-likeness (QED) is 0.832. The van der Waals surface area contributed by atoms with Crippen LogP contribution in [0, 0.1) is 5.82 Å². The zero-order valence-corrected chi connectivity index (χ0v) is 9.35. The van der Waals surface area contributed by atoms with Gasteiger partial charge < -0.3 is 5.32 Å². The molecule has 0 heterocycles. The molecule has 2 nitrogen and oxygen atoms in total. The summed E-state index contributed by atoms with van der Waals surface area (Å²) in [6.45, 7) is -1.34. The predicted octanol–water partition coefficient (Wildman–Crippen LogP) is 2.54. The average molecular weight is 261 g/mol. The molecule has 1 N–H and O–H groups in total. The molecule has 1 aliphatic rings. The predicted molar refractivity (Wildman–Crippen MR) is 56.4 cm³/mol. The molecule has 1 saturated carbocycles. The van der Waals surface area contributed by atoms with Crippen molar-refractivity contribution in [2.45, 2.75) is 24.4 Å². The van der Waals surface area contributed by atoms with Gasteiger partial charge in [0, 0.05) is 0 Å². The van der Waals surface area contributed by atoms with Gasteiger partial charge in [0.2, 0.25) is 5.91 Å². The van der Waals surface area contributed by atoms with Crippen LogP contribution in [0.5, 0.6) is 0 Å². The molecule has 0 spiro atoms. The van der Waals surface area contributed by atoms with Crippen LogP contribution in [0.25, 0.3) is 0 Å². The second kappa shape index (κ2) is 4.26. The van der Waals surface area contributed by atoms with E-state index >= 15 is 0 Å². The van der Waals surface area contributed by atoms with E-state index in [4.69, 9.17) is 0 Å². The Balaban J connectivity index is 2.07. The smallest absolute Gasteiger partial charge is 0.346 e. The van der Waals surface area contributed by atoms with Gasteiger partial charge in [0.05, 0.1) is 5.41 Å². The van der Waals surface area contributed by atoms with Crippen LogP contribution < -0.4 is 5.32 Å². The van der Waals surface area contributed by atoms with Crippen molar-refractivity contribution in [3.05, 3.63) is 35.6 Å². The summed E-state index contributed by atoms with van der Waals surface area (Å²) in [5.74, 6) is -1.09. The lowest BCUT2D eigenvalue weighted by Crippen LogP contribution is -2.40. The average Bonchev–Trinajstić information content (AvgIpc) is 3.07. The molecule has 1 aliphatic carbocycles. The third-order valence-corrected chi connectivity index (χ3v) is 3.03. The third kappa shape index (κ3) is 2.63. The van der Waals surface area contributed by atoms with Crippen molar-refractivity contribution in [2.75, 3.05) is 6.54 Å². The van der Waals surface area contributed by atoms with Crippen LogP contribution in [0.1, 0.15) is 18.4 Å². The normalized spacial score (nSPS) is 17.3. The first-order valence-corrected chi connectivity index (χ1v) is 5.45. The summed E-state index contributed by atoms with van der Waals surface area (Å²) >= 11 is 0. The van der Waals surface area contributed by atoms with Gasteiger partial charge in [0.25, 0.3) is 0 Å². The minimum Gasteiger partial charge on any atom is -0.346 e. The van der Waals surface area contributed by atoms with Crippen molar-refractivity contribution < 1.29 is 22.4 Å². The molecule has 6 heteroatoms. The van der Waals surface area contributed by atoms with Crippen molar-refractivity contribution in [3.8, 4) is 0 Å². The minimum atomic E-state index is -4.42. The molecule has 2 rings (SSSR count). The first kappa shape index (κ1) is 12.9. The zero-order valence-electron chi connectivity index (χ0n) is 9.35. The maximum atomic E-state index is 12.8. The fourth-order valence-corrected chi connectivity index (χ4v) is 1.89. The Morgan fingerprint density at radius 1 is 1.22 bits per heavy atom. The molecule has 98 valence electrons. The lowest BCUT2D eigenvalue weighted by Gasteiger charge is -2.16. The number of alkyl halides is 3. The second-order valence-corrected chi connectivity index (χ2v) is 4.39. The van der Waals surface area contributed by atoms with Gasteiger partial charge in [-0.1, -0.05) is 12.1 Å². The Hall–Kier alpha value is -1.59. The zero-order chi connectivity index (χ0) is 13.4. The lowest BCUT2D eigenvalue weighted by atomic mass is 9.95. The van der Waals surface area contributed by atoms with Crippen LogP contribution in [0.2, 0.25) is 0 Å². The molecular formula is C12H11F4NO. The number of hydrogen-bond donors (Lipinski definition) is 1. The van der Waals surface area contributed by atoms with Gasteiger partial charge >= 0.3 is 6.18 Å². The fourth-order valence-electron chi connectivity index (χ4n) is 1.89. The summed E-state index contributed by atoms with van der Waals surface area (Å²) in [7, 11) is 0. The topological polar surface area (TPSA) is 29.1 Å². The van der Waals surface area contributed by atoms with Crippen LogP contribution in [0.15, 0.2) is 24.3 Å². The van der Waals surface area contributed by atoms with E-state index in [1.54, 1.807) is 0 Å². The molecule has 0 atom stereocenters. The van der Waals surface area contributed by atoms with E-state index in [9.17, 15) is 22.4 Å². The van der Waals surface area contributed by atoms with Crippen LogP contribution in [-0.2, 0) is 10.2 Å². The van der Waals surface area contributed by atoms with E-state index in [0.29, 0.717) is 18.4 Å². The summed E-state index contributed by atoms with van der Waals surface area (Å²) in [5.41, 5.74) is -0.345. The number of benzene rings is 1. The van der Waals surface area contributed by atoms with E-state index < -0.39 is 29.9 Å².